The number of pyridine rings is 2. The first-order chi connectivity index (χ1) is 34.8. The molecule has 3 aliphatic carbocycles. The number of nitrogens with two attached hydrogens (primary N) is 1. The van der Waals surface area contributed by atoms with Crippen molar-refractivity contribution >= 4 is 55.9 Å². The number of aryl methyl sites for hydroxylation is 3. The van der Waals surface area contributed by atoms with Crippen LogP contribution in [0, 0.1) is 23.2 Å². The molecule has 18 heteroatoms. The molecule has 372 valence electrons. The Bertz CT molecular complexity index is 3560. The van der Waals surface area contributed by atoms with E-state index in [0.29, 0.717) is 82.5 Å². The van der Waals surface area contributed by atoms with Gasteiger partial charge in [-0.15, -0.1) is 0 Å². The molecule has 5 atom stereocenters. The summed E-state index contributed by atoms with van der Waals surface area (Å²) in [6.07, 6.45) is 7.02. The molecule has 2 saturated heterocycles. The van der Waals surface area contributed by atoms with E-state index in [-0.39, 0.29) is 35.2 Å². The molecule has 3 saturated carbocycles. The van der Waals surface area contributed by atoms with Crippen LogP contribution in [-0.4, -0.2) is 112 Å². The number of halogens is 2. The average Bonchev–Trinajstić information content (AvgIpc) is 3.65. The molecule has 5 aliphatic rings. The molecule has 2 N–H and O–H groups in total. The Morgan fingerprint density at radius 2 is 1.42 bits per heavy atom. The monoisotopic (exact) mass is 977 g/mol. The highest BCUT2D eigenvalue weighted by atomic mass is 19.3. The third-order valence-corrected chi connectivity index (χ3v) is 16.7. The summed E-state index contributed by atoms with van der Waals surface area (Å²) in [5.41, 5.74) is 14.6. The first kappa shape index (κ1) is 44.8. The van der Waals surface area contributed by atoms with Crippen LogP contribution >= 0.6 is 0 Å². The van der Waals surface area contributed by atoms with Crippen LogP contribution < -0.4 is 19.9 Å². The number of carbonyl (C=O) groups excluding carboxylic acids is 2. The highest BCUT2D eigenvalue weighted by Gasteiger charge is 2.70. The Kier molecular flexibility index (Phi) is 10.3. The number of benzene rings is 2. The minimum absolute atomic E-state index is 0.0200. The van der Waals surface area contributed by atoms with Gasteiger partial charge in [-0.3, -0.25) is 9.59 Å². The number of carbonyl (C=O) groups is 2. The lowest BCUT2D eigenvalue weighted by Gasteiger charge is -2.63. The molecule has 0 radical (unpaired) electrons. The Hall–Kier alpha value is -7.08. The van der Waals surface area contributed by atoms with Crippen molar-refractivity contribution in [1.29, 1.82) is 0 Å². The lowest BCUT2D eigenvalue weighted by Crippen LogP contribution is -2.63. The fourth-order valence-electron chi connectivity index (χ4n) is 13.3. The number of piperidine rings is 1. The van der Waals surface area contributed by atoms with Crippen LogP contribution in [0.1, 0.15) is 71.9 Å². The van der Waals surface area contributed by atoms with Crippen molar-refractivity contribution in [2.24, 2.45) is 43.0 Å². The highest BCUT2D eigenvalue weighted by Crippen LogP contribution is 2.70. The summed E-state index contributed by atoms with van der Waals surface area (Å²) in [5.74, 6) is 3.77. The van der Waals surface area contributed by atoms with E-state index < -0.39 is 6.61 Å². The number of fused-ring (bicyclic) bond motifs is 4. The Labute approximate surface area is 413 Å². The van der Waals surface area contributed by atoms with Gasteiger partial charge in [-0.05, 0) is 130 Å². The summed E-state index contributed by atoms with van der Waals surface area (Å²) in [6, 6.07) is 19.2. The number of likely N-dealkylation sites (tertiary alicyclic amines) is 2. The normalized spacial score (nSPS) is 22.6. The van der Waals surface area contributed by atoms with Crippen molar-refractivity contribution in [3.05, 3.63) is 77.5 Å². The third kappa shape index (κ3) is 6.90. The van der Waals surface area contributed by atoms with Crippen molar-refractivity contribution < 1.29 is 32.6 Å². The minimum atomic E-state index is -2.98. The first-order valence-corrected chi connectivity index (χ1v) is 25.2. The minimum Gasteiger partial charge on any atom is -0.494 e. The number of amides is 2. The van der Waals surface area contributed by atoms with Gasteiger partial charge in [0.2, 0.25) is 5.88 Å². The lowest BCUT2D eigenvalue weighted by molar-refractivity contribution is -0.127. The van der Waals surface area contributed by atoms with E-state index in [0.717, 1.165) is 95.6 Å². The number of rotatable bonds is 13. The average molecular weight is 978 g/mol. The van der Waals surface area contributed by atoms with Crippen LogP contribution in [-0.2, 0) is 33.6 Å². The Morgan fingerprint density at radius 3 is 2.04 bits per heavy atom. The van der Waals surface area contributed by atoms with E-state index in [2.05, 4.69) is 42.0 Å². The van der Waals surface area contributed by atoms with E-state index in [1.165, 1.54) is 18.9 Å². The van der Waals surface area contributed by atoms with Gasteiger partial charge in [0.1, 0.15) is 33.8 Å². The predicted molar refractivity (Wildman–Crippen MR) is 267 cm³/mol. The summed E-state index contributed by atoms with van der Waals surface area (Å²) < 4.78 is 50.9. The zero-order chi connectivity index (χ0) is 49.5. The van der Waals surface area contributed by atoms with Crippen LogP contribution in [0.5, 0.6) is 17.4 Å². The summed E-state index contributed by atoms with van der Waals surface area (Å²) in [7, 11) is 7.15. The predicted octanol–water partition coefficient (Wildman–Crippen LogP) is 8.20. The van der Waals surface area contributed by atoms with Crippen LogP contribution in [0.2, 0.25) is 0 Å². The van der Waals surface area contributed by atoms with E-state index in [4.69, 9.17) is 30.2 Å². The second-order valence-electron chi connectivity index (χ2n) is 21.0. The largest absolute Gasteiger partial charge is 0.494 e. The maximum atomic E-state index is 14.6. The molecule has 5 fully saturated rings. The van der Waals surface area contributed by atoms with Gasteiger partial charge in [-0.1, -0.05) is 0 Å². The van der Waals surface area contributed by atoms with Gasteiger partial charge >= 0.3 is 6.61 Å². The fourth-order valence-corrected chi connectivity index (χ4v) is 13.3. The molecular weight excluding hydrogens is 921 g/mol. The van der Waals surface area contributed by atoms with Crippen LogP contribution in [0.4, 0.5) is 8.78 Å². The van der Waals surface area contributed by atoms with Gasteiger partial charge in [-0.2, -0.15) is 13.8 Å². The maximum Gasteiger partial charge on any atom is 0.388 e. The standard InChI is InChI=1S/C54H57F2N11O5/c1-6-65-38(18-30-12-14-43(61-48(30)65)72-53(55)56)49-59-37-17-32(21-42(71-5)46(37)62(49)2)52(69)67-26-33-22-54(24-40(67)44(33)54)23-35-13-11-29-19-39(66(47(29)58-35)25-28-9-10-28)50-60-36-16-31(20-41(70-4)45(36)63(50)3)51(68)64-15-7-8-34(57)27-64/h11-14,16-21,28,33-34,40,44,53H,6-10,15,22-27,57H2,1-5H3/t33-,34-,40-,44-,54?/m1/s1. The number of nitrogens with zero attached hydrogens (tertiary/aromatic N) is 10. The summed E-state index contributed by atoms with van der Waals surface area (Å²) in [5, 5.41) is 1.82. The Balaban J connectivity index is 0.764. The number of hydrogen-bond donors (Lipinski definition) is 1. The van der Waals surface area contributed by atoms with E-state index >= 15 is 0 Å². The Morgan fingerprint density at radius 1 is 0.778 bits per heavy atom. The quantitative estimate of drug-likeness (QED) is 0.119. The molecule has 0 bridgehead atoms. The number of hydrogen-bond acceptors (Lipinski definition) is 10. The van der Waals surface area contributed by atoms with Crippen LogP contribution in [0.3, 0.4) is 0 Å². The summed E-state index contributed by atoms with van der Waals surface area (Å²) >= 11 is 0. The molecule has 6 aromatic heterocycles. The van der Waals surface area contributed by atoms with Gasteiger partial charge in [0.15, 0.2) is 11.6 Å². The molecule has 8 aromatic rings. The lowest BCUT2D eigenvalue weighted by atomic mass is 9.41. The van der Waals surface area contributed by atoms with Crippen LogP contribution in [0.25, 0.3) is 67.2 Å². The van der Waals surface area contributed by atoms with Crippen molar-refractivity contribution in [2.45, 2.75) is 83.7 Å². The van der Waals surface area contributed by atoms with Crippen molar-refractivity contribution in [1.82, 2.24) is 48.0 Å². The SMILES string of the molecule is CCn1c(-c2nc3cc(C(=O)N4C[C@H]5CC6(Cc7ccc8cc(-c9nc%10cc(C(=O)N%11CCC[C@@H](N)C%11)cc(OC)c%10n9C)n(CC9CC9)c8n7)C[C@@H]4[C@@H]56)cc(OC)c3n2C)cc2ccc(OC(F)F)nc21. The van der Waals surface area contributed by atoms with Crippen molar-refractivity contribution in [3.8, 4) is 40.4 Å². The highest BCUT2D eigenvalue weighted by molar-refractivity contribution is 6.02. The zero-order valence-electron chi connectivity index (χ0n) is 41.1. The van der Waals surface area contributed by atoms with Gasteiger partial charge in [0.05, 0.1) is 36.6 Å². The number of aromatic nitrogens is 8. The topological polar surface area (TPSA) is 166 Å². The van der Waals surface area contributed by atoms with Crippen LogP contribution in [0.15, 0.2) is 60.7 Å². The van der Waals surface area contributed by atoms with Gasteiger partial charge in [0, 0.05) is 92.6 Å². The molecule has 2 amide bonds. The van der Waals surface area contributed by atoms with Crippen molar-refractivity contribution in [3.63, 3.8) is 0 Å². The molecule has 13 rings (SSSR count). The molecule has 2 aromatic carbocycles. The number of ether oxygens (including phenoxy) is 3. The summed E-state index contributed by atoms with van der Waals surface area (Å²) in [4.78, 5) is 52.4. The number of alkyl halides is 2. The molecule has 2 aliphatic heterocycles. The third-order valence-electron chi connectivity index (χ3n) is 16.7. The number of imidazole rings is 2. The molecule has 0 spiro atoms. The first-order valence-electron chi connectivity index (χ1n) is 25.2. The molecule has 16 nitrogen and oxygen atoms in total. The zero-order valence-corrected chi connectivity index (χ0v) is 41.1. The molecule has 1 unspecified atom stereocenters. The van der Waals surface area contributed by atoms with Gasteiger partial charge in [-0.25, -0.2) is 15.0 Å². The van der Waals surface area contributed by atoms with E-state index in [1.54, 1.807) is 20.3 Å². The van der Waals surface area contributed by atoms with Gasteiger partial charge < -0.3 is 48.0 Å². The van der Waals surface area contributed by atoms with E-state index in [9.17, 15) is 18.4 Å². The fraction of sp³-hybridized carbons (Fsp3) is 0.444. The maximum absolute atomic E-state index is 14.6. The molecule has 72 heavy (non-hydrogen) atoms. The van der Waals surface area contributed by atoms with E-state index in [1.807, 2.05) is 65.4 Å². The molecule has 8 heterocycles. The second-order valence-corrected chi connectivity index (χ2v) is 21.0. The molecular formula is C54H57F2N11O5. The van der Waals surface area contributed by atoms with Crippen molar-refractivity contribution in [2.75, 3.05) is 33.9 Å². The smallest absolute Gasteiger partial charge is 0.388 e. The van der Waals surface area contributed by atoms with Gasteiger partial charge in [0.25, 0.3) is 11.8 Å². The number of methoxy groups -OCH3 is 2. The summed E-state index contributed by atoms with van der Waals surface area (Å²) in [6.45, 7) is 2.28. The second kappa shape index (κ2) is 16.5.